The van der Waals surface area contributed by atoms with E-state index >= 15 is 0 Å². The largest absolute Gasteiger partial charge is 0.353 e. The predicted molar refractivity (Wildman–Crippen MR) is 81.5 cm³/mol. The zero-order chi connectivity index (χ0) is 13.9. The lowest BCUT2D eigenvalue weighted by Crippen LogP contribution is -2.35. The summed E-state index contributed by atoms with van der Waals surface area (Å²) in [5, 5.41) is 0. The Kier molecular flexibility index (Phi) is 4.05. The lowest BCUT2D eigenvalue weighted by Gasteiger charge is -2.30. The van der Waals surface area contributed by atoms with E-state index in [9.17, 15) is 0 Å². The molecule has 0 amide bonds. The Morgan fingerprint density at radius 3 is 2.75 bits per heavy atom. The molecule has 1 aliphatic carbocycles. The van der Waals surface area contributed by atoms with Crippen molar-refractivity contribution in [3.05, 3.63) is 11.9 Å². The van der Waals surface area contributed by atoms with Crippen molar-refractivity contribution in [2.24, 2.45) is 11.8 Å². The highest BCUT2D eigenvalue weighted by molar-refractivity contribution is 5.50. The van der Waals surface area contributed by atoms with Crippen LogP contribution in [0.5, 0.6) is 0 Å². The minimum atomic E-state index is 0.669. The van der Waals surface area contributed by atoms with Crippen LogP contribution in [-0.2, 0) is 6.42 Å². The van der Waals surface area contributed by atoms with Crippen LogP contribution in [0.15, 0.2) is 6.07 Å². The van der Waals surface area contributed by atoms with Gasteiger partial charge in [0.2, 0.25) is 0 Å². The molecule has 110 valence electrons. The molecule has 0 spiro atoms. The highest BCUT2D eigenvalue weighted by Gasteiger charge is 2.34. The standard InChI is InChI=1S/C15H25N5/c1-2-13-17-14(19-16)10-15(18-13)20-9-5-8-12(20)11-6-3-4-7-11/h10-12H,2-9,16H2,1H3,(H,17,18,19). The molecule has 1 aromatic rings. The normalized spacial score (nSPS) is 23.5. The number of nitrogens with one attached hydrogen (secondary N) is 1. The van der Waals surface area contributed by atoms with Crippen molar-refractivity contribution < 1.29 is 0 Å². The number of hydrazine groups is 1. The van der Waals surface area contributed by atoms with E-state index in [0.717, 1.165) is 36.3 Å². The lowest BCUT2D eigenvalue weighted by atomic mass is 9.96. The van der Waals surface area contributed by atoms with Gasteiger partial charge >= 0.3 is 0 Å². The molecule has 0 bridgehead atoms. The van der Waals surface area contributed by atoms with Crippen LogP contribution in [0.25, 0.3) is 0 Å². The van der Waals surface area contributed by atoms with Gasteiger partial charge < -0.3 is 10.3 Å². The molecule has 1 unspecified atom stereocenters. The van der Waals surface area contributed by atoms with Crippen molar-refractivity contribution in [3.8, 4) is 0 Å². The van der Waals surface area contributed by atoms with Gasteiger partial charge in [-0.1, -0.05) is 19.8 Å². The highest BCUT2D eigenvalue weighted by atomic mass is 15.3. The van der Waals surface area contributed by atoms with Gasteiger partial charge in [0.25, 0.3) is 0 Å². The molecule has 1 aliphatic heterocycles. The van der Waals surface area contributed by atoms with Crippen molar-refractivity contribution in [2.75, 3.05) is 16.9 Å². The molecule has 2 fully saturated rings. The summed E-state index contributed by atoms with van der Waals surface area (Å²) in [4.78, 5) is 11.6. The predicted octanol–water partition coefficient (Wildman–Crippen LogP) is 2.48. The number of aryl methyl sites for hydroxylation is 1. The van der Waals surface area contributed by atoms with Crippen molar-refractivity contribution in [1.82, 2.24) is 9.97 Å². The molecular weight excluding hydrogens is 250 g/mol. The second-order valence-corrected chi connectivity index (χ2v) is 5.97. The highest BCUT2D eigenvalue weighted by Crippen LogP contribution is 2.37. The van der Waals surface area contributed by atoms with E-state index in [1.165, 1.54) is 38.5 Å². The summed E-state index contributed by atoms with van der Waals surface area (Å²) in [6.45, 7) is 3.20. The molecule has 5 heteroatoms. The Balaban J connectivity index is 1.86. The average Bonchev–Trinajstić information content (AvgIpc) is 3.16. The number of anilines is 2. The Labute approximate surface area is 120 Å². The molecule has 1 saturated heterocycles. The molecular formula is C15H25N5. The second kappa shape index (κ2) is 5.95. The zero-order valence-corrected chi connectivity index (χ0v) is 12.3. The minimum absolute atomic E-state index is 0.669. The van der Waals surface area contributed by atoms with Crippen molar-refractivity contribution in [2.45, 2.75) is 57.9 Å². The monoisotopic (exact) mass is 275 g/mol. The summed E-state index contributed by atoms with van der Waals surface area (Å²) in [5.74, 6) is 9.04. The molecule has 3 N–H and O–H groups in total. The maximum absolute atomic E-state index is 5.54. The van der Waals surface area contributed by atoms with Crippen LogP contribution in [0.3, 0.4) is 0 Å². The molecule has 3 rings (SSSR count). The quantitative estimate of drug-likeness (QED) is 0.653. The first-order valence-electron chi connectivity index (χ1n) is 7.93. The molecule has 2 aliphatic rings. The van der Waals surface area contributed by atoms with Crippen LogP contribution in [0.4, 0.5) is 11.6 Å². The van der Waals surface area contributed by atoms with Crippen molar-refractivity contribution in [1.29, 1.82) is 0 Å². The van der Waals surface area contributed by atoms with E-state index in [1.54, 1.807) is 0 Å². The van der Waals surface area contributed by atoms with E-state index in [0.29, 0.717) is 6.04 Å². The summed E-state index contributed by atoms with van der Waals surface area (Å²) >= 11 is 0. The first-order valence-corrected chi connectivity index (χ1v) is 7.93. The van der Waals surface area contributed by atoms with Gasteiger partial charge in [0.05, 0.1) is 0 Å². The number of nitrogens with two attached hydrogens (primary N) is 1. The van der Waals surface area contributed by atoms with E-state index in [4.69, 9.17) is 10.8 Å². The Morgan fingerprint density at radius 2 is 2.05 bits per heavy atom. The Morgan fingerprint density at radius 1 is 1.25 bits per heavy atom. The summed E-state index contributed by atoms with van der Waals surface area (Å²) in [6, 6.07) is 2.66. The average molecular weight is 275 g/mol. The third-order valence-corrected chi connectivity index (χ3v) is 4.76. The first-order chi connectivity index (χ1) is 9.81. The van der Waals surface area contributed by atoms with Crippen LogP contribution in [0.1, 0.15) is 51.3 Å². The summed E-state index contributed by atoms with van der Waals surface area (Å²) in [7, 11) is 0. The minimum Gasteiger partial charge on any atom is -0.353 e. The van der Waals surface area contributed by atoms with Gasteiger partial charge in [-0.05, 0) is 31.6 Å². The van der Waals surface area contributed by atoms with Crippen LogP contribution in [-0.4, -0.2) is 22.6 Å². The topological polar surface area (TPSA) is 67.1 Å². The van der Waals surface area contributed by atoms with Gasteiger partial charge in [-0.2, -0.15) is 0 Å². The second-order valence-electron chi connectivity index (χ2n) is 5.97. The van der Waals surface area contributed by atoms with Crippen molar-refractivity contribution in [3.63, 3.8) is 0 Å². The van der Waals surface area contributed by atoms with E-state index in [1.807, 2.05) is 6.07 Å². The van der Waals surface area contributed by atoms with Gasteiger partial charge in [0, 0.05) is 25.1 Å². The van der Waals surface area contributed by atoms with E-state index < -0.39 is 0 Å². The summed E-state index contributed by atoms with van der Waals surface area (Å²) in [5.41, 5.74) is 2.67. The zero-order valence-electron chi connectivity index (χ0n) is 12.3. The third kappa shape index (κ3) is 2.59. The fourth-order valence-corrected chi connectivity index (χ4v) is 3.77. The molecule has 5 nitrogen and oxygen atoms in total. The Hall–Kier alpha value is -1.36. The fourth-order valence-electron chi connectivity index (χ4n) is 3.77. The van der Waals surface area contributed by atoms with Crippen molar-refractivity contribution >= 4 is 11.6 Å². The molecule has 0 radical (unpaired) electrons. The molecule has 1 aromatic heterocycles. The van der Waals surface area contributed by atoms with Crippen LogP contribution in [0.2, 0.25) is 0 Å². The van der Waals surface area contributed by atoms with Crippen LogP contribution >= 0.6 is 0 Å². The third-order valence-electron chi connectivity index (χ3n) is 4.76. The SMILES string of the molecule is CCc1nc(NN)cc(N2CCCC2C2CCCC2)n1. The number of rotatable bonds is 4. The maximum Gasteiger partial charge on any atom is 0.145 e. The lowest BCUT2D eigenvalue weighted by molar-refractivity contribution is 0.429. The Bertz CT molecular complexity index is 433. The molecule has 20 heavy (non-hydrogen) atoms. The number of hydrogen-bond acceptors (Lipinski definition) is 5. The van der Waals surface area contributed by atoms with Gasteiger partial charge in [-0.25, -0.2) is 15.8 Å². The van der Waals surface area contributed by atoms with Gasteiger partial charge in [-0.15, -0.1) is 0 Å². The van der Waals surface area contributed by atoms with Gasteiger partial charge in [0.15, 0.2) is 0 Å². The number of nitrogens with zero attached hydrogens (tertiary/aromatic N) is 3. The molecule has 1 saturated carbocycles. The number of nitrogen functional groups attached to an aromatic ring is 1. The van der Waals surface area contributed by atoms with Crippen LogP contribution in [0, 0.1) is 5.92 Å². The van der Waals surface area contributed by atoms with Crippen LogP contribution < -0.4 is 16.2 Å². The number of aromatic nitrogens is 2. The summed E-state index contributed by atoms with van der Waals surface area (Å²) < 4.78 is 0. The summed E-state index contributed by atoms with van der Waals surface area (Å²) in [6.07, 6.45) is 8.98. The van der Waals surface area contributed by atoms with Gasteiger partial charge in [-0.3, -0.25) is 0 Å². The molecule has 0 aromatic carbocycles. The molecule has 2 heterocycles. The number of hydrogen-bond donors (Lipinski definition) is 2. The fraction of sp³-hybridized carbons (Fsp3) is 0.733. The van der Waals surface area contributed by atoms with Gasteiger partial charge in [0.1, 0.15) is 17.5 Å². The van der Waals surface area contributed by atoms with E-state index in [2.05, 4.69) is 22.2 Å². The molecule has 1 atom stereocenters. The van der Waals surface area contributed by atoms with E-state index in [-0.39, 0.29) is 0 Å². The smallest absolute Gasteiger partial charge is 0.145 e. The first kappa shape index (κ1) is 13.6. The maximum atomic E-state index is 5.54.